The van der Waals surface area contributed by atoms with E-state index in [9.17, 15) is 5.11 Å². The second-order valence-electron chi connectivity index (χ2n) is 8.47. The lowest BCUT2D eigenvalue weighted by Gasteiger charge is -2.45. The Morgan fingerprint density at radius 1 is 1.15 bits per heavy atom. The predicted octanol–water partition coefficient (Wildman–Crippen LogP) is 1.28. The second kappa shape index (κ2) is 9.34. The molecule has 1 atom stereocenters. The molecule has 1 aromatic carbocycles. The molecule has 0 radical (unpaired) electrons. The Bertz CT molecular complexity index is 590. The van der Waals surface area contributed by atoms with Gasteiger partial charge in [0.2, 0.25) is 0 Å². The van der Waals surface area contributed by atoms with Crippen LogP contribution in [0.3, 0.4) is 0 Å². The first-order valence-electron chi connectivity index (χ1n) is 10.1. The first-order valence-corrected chi connectivity index (χ1v) is 10.1. The highest BCUT2D eigenvalue weighted by molar-refractivity contribution is 5.28. The third-order valence-corrected chi connectivity index (χ3v) is 5.72. The highest BCUT2D eigenvalue weighted by Gasteiger charge is 2.30. The Balaban J connectivity index is 1.47. The molecule has 6 nitrogen and oxygen atoms in total. The van der Waals surface area contributed by atoms with Gasteiger partial charge in [-0.05, 0) is 38.6 Å². The summed E-state index contributed by atoms with van der Waals surface area (Å²) in [5.41, 5.74) is 1.46. The van der Waals surface area contributed by atoms with Crippen LogP contribution in [-0.4, -0.2) is 97.6 Å². The van der Waals surface area contributed by atoms with E-state index < -0.39 is 6.10 Å². The van der Waals surface area contributed by atoms with Crippen LogP contribution in [-0.2, 0) is 11.3 Å². The van der Waals surface area contributed by atoms with Crippen molar-refractivity contribution in [1.29, 1.82) is 0 Å². The number of nitrogens with zero attached hydrogens (tertiary/aromatic N) is 3. The molecule has 2 aliphatic heterocycles. The number of benzene rings is 1. The number of morpholine rings is 1. The van der Waals surface area contributed by atoms with Crippen molar-refractivity contribution >= 4 is 0 Å². The average Bonchev–Trinajstić information content (AvgIpc) is 2.64. The van der Waals surface area contributed by atoms with Crippen LogP contribution in [0.15, 0.2) is 24.3 Å². The Morgan fingerprint density at radius 3 is 2.67 bits per heavy atom. The van der Waals surface area contributed by atoms with Gasteiger partial charge in [0, 0.05) is 51.4 Å². The van der Waals surface area contributed by atoms with E-state index in [2.05, 4.69) is 47.7 Å². The number of rotatable bonds is 7. The highest BCUT2D eigenvalue weighted by Crippen LogP contribution is 2.22. The summed E-state index contributed by atoms with van der Waals surface area (Å²) in [4.78, 5) is 7.16. The van der Waals surface area contributed by atoms with Crippen LogP contribution >= 0.6 is 0 Å². The summed E-state index contributed by atoms with van der Waals surface area (Å²) >= 11 is 0. The van der Waals surface area contributed by atoms with Crippen molar-refractivity contribution in [1.82, 2.24) is 14.7 Å². The van der Waals surface area contributed by atoms with Crippen LogP contribution in [0.5, 0.6) is 5.75 Å². The summed E-state index contributed by atoms with van der Waals surface area (Å²) in [7, 11) is 2.20. The van der Waals surface area contributed by atoms with Gasteiger partial charge in [0.25, 0.3) is 0 Å². The molecule has 0 amide bonds. The molecule has 27 heavy (non-hydrogen) atoms. The number of aliphatic hydroxyl groups excluding tert-OH is 1. The zero-order chi connectivity index (χ0) is 19.3. The molecule has 2 fully saturated rings. The molecule has 1 aromatic rings. The molecule has 2 saturated heterocycles. The van der Waals surface area contributed by atoms with Gasteiger partial charge in [-0.25, -0.2) is 0 Å². The van der Waals surface area contributed by atoms with Gasteiger partial charge in [0.1, 0.15) is 18.5 Å². The second-order valence-corrected chi connectivity index (χ2v) is 8.47. The van der Waals surface area contributed by atoms with Gasteiger partial charge in [-0.2, -0.15) is 0 Å². The minimum atomic E-state index is -0.481. The fourth-order valence-electron chi connectivity index (χ4n) is 3.79. The van der Waals surface area contributed by atoms with Crippen LogP contribution in [0.4, 0.5) is 0 Å². The summed E-state index contributed by atoms with van der Waals surface area (Å²) in [5.74, 6) is 0.835. The Kier molecular flexibility index (Phi) is 7.11. The maximum Gasteiger partial charge on any atom is 0.119 e. The fraction of sp³-hybridized carbons (Fsp3) is 0.714. The van der Waals surface area contributed by atoms with Crippen LogP contribution in [0.1, 0.15) is 19.4 Å². The molecule has 0 spiro atoms. The van der Waals surface area contributed by atoms with Crippen molar-refractivity contribution in [2.24, 2.45) is 0 Å². The number of hydrogen-bond donors (Lipinski definition) is 1. The number of piperazine rings is 1. The standard InChI is InChI=1S/C21H35N3O3/c1-21(2)17-24(8-7-22(21)3)14-18-5-4-6-20(13-18)27-16-19(25)15-23-9-11-26-12-10-23/h4-6,13,19,25H,7-12,14-17H2,1-3H3/t19-/m1/s1. The molecule has 0 aliphatic carbocycles. The van der Waals surface area contributed by atoms with E-state index >= 15 is 0 Å². The predicted molar refractivity (Wildman–Crippen MR) is 107 cm³/mol. The zero-order valence-corrected chi connectivity index (χ0v) is 17.1. The molecule has 6 heteroatoms. The van der Waals surface area contributed by atoms with Crippen molar-refractivity contribution in [3.63, 3.8) is 0 Å². The van der Waals surface area contributed by atoms with E-state index in [1.54, 1.807) is 0 Å². The average molecular weight is 378 g/mol. The Morgan fingerprint density at radius 2 is 1.93 bits per heavy atom. The lowest BCUT2D eigenvalue weighted by atomic mass is 9.99. The number of hydrogen-bond acceptors (Lipinski definition) is 6. The van der Waals surface area contributed by atoms with Gasteiger partial charge in [0.05, 0.1) is 13.2 Å². The van der Waals surface area contributed by atoms with Crippen molar-refractivity contribution < 1.29 is 14.6 Å². The maximum absolute atomic E-state index is 10.3. The smallest absolute Gasteiger partial charge is 0.119 e. The summed E-state index contributed by atoms with van der Waals surface area (Å²) < 4.78 is 11.2. The van der Waals surface area contributed by atoms with Crippen LogP contribution in [0.25, 0.3) is 0 Å². The maximum atomic E-state index is 10.3. The summed E-state index contributed by atoms with van der Waals surface area (Å²) in [6.45, 7) is 13.0. The van der Waals surface area contributed by atoms with Crippen molar-refractivity contribution in [3.05, 3.63) is 29.8 Å². The monoisotopic (exact) mass is 377 g/mol. The van der Waals surface area contributed by atoms with Crippen LogP contribution < -0.4 is 4.74 Å². The quantitative estimate of drug-likeness (QED) is 0.773. The van der Waals surface area contributed by atoms with Gasteiger partial charge >= 0.3 is 0 Å². The molecule has 0 aromatic heterocycles. The fourth-order valence-corrected chi connectivity index (χ4v) is 3.79. The SMILES string of the molecule is CN1CCN(Cc2cccc(OC[C@H](O)CN3CCOCC3)c2)CC1(C)C. The molecular weight excluding hydrogens is 342 g/mol. The molecular formula is C21H35N3O3. The normalized spacial score (nSPS) is 23.3. The van der Waals surface area contributed by atoms with E-state index in [1.165, 1.54) is 5.56 Å². The minimum absolute atomic E-state index is 0.204. The van der Waals surface area contributed by atoms with E-state index in [4.69, 9.17) is 9.47 Å². The van der Waals surface area contributed by atoms with Crippen molar-refractivity contribution in [2.75, 3.05) is 66.1 Å². The zero-order valence-electron chi connectivity index (χ0n) is 17.1. The molecule has 2 aliphatic rings. The van der Waals surface area contributed by atoms with E-state index in [1.807, 2.05) is 12.1 Å². The number of ether oxygens (including phenoxy) is 2. The first kappa shape index (κ1) is 20.6. The van der Waals surface area contributed by atoms with Gasteiger partial charge < -0.3 is 14.6 Å². The van der Waals surface area contributed by atoms with Crippen LogP contribution in [0, 0.1) is 0 Å². The molecule has 0 bridgehead atoms. The molecule has 152 valence electrons. The summed E-state index contributed by atoms with van der Waals surface area (Å²) in [6, 6.07) is 8.27. The van der Waals surface area contributed by atoms with Gasteiger partial charge in [-0.1, -0.05) is 12.1 Å². The minimum Gasteiger partial charge on any atom is -0.491 e. The summed E-state index contributed by atoms with van der Waals surface area (Å²) in [5, 5.41) is 10.3. The highest BCUT2D eigenvalue weighted by atomic mass is 16.5. The number of likely N-dealkylation sites (N-methyl/N-ethyl adjacent to an activating group) is 1. The van der Waals surface area contributed by atoms with Gasteiger partial charge in [0.15, 0.2) is 0 Å². The molecule has 0 saturated carbocycles. The van der Waals surface area contributed by atoms with E-state index in [0.717, 1.165) is 58.2 Å². The number of aliphatic hydroxyl groups is 1. The van der Waals surface area contributed by atoms with E-state index in [0.29, 0.717) is 13.2 Å². The van der Waals surface area contributed by atoms with Crippen molar-refractivity contribution in [2.45, 2.75) is 32.0 Å². The largest absolute Gasteiger partial charge is 0.491 e. The lowest BCUT2D eigenvalue weighted by Crippen LogP contribution is -2.57. The van der Waals surface area contributed by atoms with E-state index in [-0.39, 0.29) is 5.54 Å². The van der Waals surface area contributed by atoms with Crippen molar-refractivity contribution in [3.8, 4) is 5.75 Å². The Hall–Kier alpha value is -1.18. The van der Waals surface area contributed by atoms with Crippen LogP contribution in [0.2, 0.25) is 0 Å². The summed E-state index contributed by atoms with van der Waals surface area (Å²) in [6.07, 6.45) is -0.481. The molecule has 0 unspecified atom stereocenters. The third kappa shape index (κ3) is 6.16. The Labute approximate surface area is 163 Å². The molecule has 1 N–H and O–H groups in total. The molecule has 2 heterocycles. The van der Waals surface area contributed by atoms with Gasteiger partial charge in [-0.15, -0.1) is 0 Å². The third-order valence-electron chi connectivity index (χ3n) is 5.72. The number of β-amino-alcohol motifs (C(OH)–C–C–N with tert-alkyl or cyclic N) is 1. The first-order chi connectivity index (χ1) is 12.9. The molecule has 3 rings (SSSR count). The van der Waals surface area contributed by atoms with Gasteiger partial charge in [-0.3, -0.25) is 14.7 Å². The lowest BCUT2D eigenvalue weighted by molar-refractivity contribution is 0.00462. The topological polar surface area (TPSA) is 48.4 Å².